The van der Waals surface area contributed by atoms with Gasteiger partial charge in [-0.2, -0.15) is 4.31 Å². The van der Waals surface area contributed by atoms with E-state index in [1.165, 1.54) is 4.31 Å². The number of hydrogen-bond donors (Lipinski definition) is 2. The monoisotopic (exact) mass is 421 g/mol. The number of halogens is 1. The van der Waals surface area contributed by atoms with Crippen molar-refractivity contribution in [3.63, 3.8) is 0 Å². The largest absolute Gasteiger partial charge is 0.379 e. The van der Waals surface area contributed by atoms with E-state index < -0.39 is 39.3 Å². The highest BCUT2D eigenvalue weighted by Gasteiger charge is 2.29. The zero-order valence-electron chi connectivity index (χ0n) is 15.4. The van der Waals surface area contributed by atoms with E-state index in [-0.39, 0.29) is 31.2 Å². The van der Waals surface area contributed by atoms with Gasteiger partial charge in [0.15, 0.2) is 0 Å². The van der Waals surface area contributed by atoms with E-state index in [1.807, 2.05) is 0 Å². The maximum atomic E-state index is 14.3. The lowest BCUT2D eigenvalue weighted by molar-refractivity contribution is -0.120. The molecule has 0 radical (unpaired) electrons. The molecule has 0 saturated carbocycles. The molecule has 2 aromatic carbocycles. The van der Waals surface area contributed by atoms with Gasteiger partial charge in [-0.1, -0.05) is 30.3 Å². The van der Waals surface area contributed by atoms with E-state index in [0.717, 1.165) is 18.2 Å². The number of rotatable bonds is 6. The van der Waals surface area contributed by atoms with E-state index in [4.69, 9.17) is 10.5 Å². The highest BCUT2D eigenvalue weighted by Crippen LogP contribution is 2.21. The van der Waals surface area contributed by atoms with Gasteiger partial charge in [0.05, 0.1) is 23.7 Å². The number of sulfonamides is 1. The maximum absolute atomic E-state index is 14.3. The van der Waals surface area contributed by atoms with Gasteiger partial charge in [0.2, 0.25) is 15.9 Å². The molecule has 1 saturated heterocycles. The number of amides is 2. The van der Waals surface area contributed by atoms with Crippen LogP contribution in [0.3, 0.4) is 0 Å². The first kappa shape index (κ1) is 20.9. The Kier molecular flexibility index (Phi) is 6.26. The number of hydrogen-bond acceptors (Lipinski definition) is 5. The van der Waals surface area contributed by atoms with Gasteiger partial charge in [0, 0.05) is 13.1 Å². The summed E-state index contributed by atoms with van der Waals surface area (Å²) >= 11 is 0. The quantitative estimate of drug-likeness (QED) is 0.715. The van der Waals surface area contributed by atoms with Crippen LogP contribution in [-0.2, 0) is 19.6 Å². The van der Waals surface area contributed by atoms with Crippen LogP contribution < -0.4 is 11.1 Å². The number of benzene rings is 2. The summed E-state index contributed by atoms with van der Waals surface area (Å²) in [6.45, 7) is 0.842. The second-order valence-electron chi connectivity index (χ2n) is 6.38. The lowest BCUT2D eigenvalue weighted by atomic mass is 10.1. The first-order chi connectivity index (χ1) is 13.8. The first-order valence-corrected chi connectivity index (χ1v) is 10.3. The van der Waals surface area contributed by atoms with Crippen molar-refractivity contribution in [2.45, 2.75) is 10.9 Å². The second-order valence-corrected chi connectivity index (χ2v) is 8.32. The minimum atomic E-state index is -3.92. The molecule has 0 aliphatic carbocycles. The van der Waals surface area contributed by atoms with Gasteiger partial charge >= 0.3 is 0 Å². The zero-order chi connectivity index (χ0) is 21.0. The summed E-state index contributed by atoms with van der Waals surface area (Å²) in [5.41, 5.74) is 5.29. The van der Waals surface area contributed by atoms with Crippen molar-refractivity contribution >= 4 is 21.8 Å². The SMILES string of the molecule is NC(=O)C(NC(=O)c1cc(S(=O)(=O)N2CCOCC2)ccc1F)c1ccccc1. The van der Waals surface area contributed by atoms with Crippen molar-refractivity contribution in [1.29, 1.82) is 0 Å². The van der Waals surface area contributed by atoms with Crippen LogP contribution in [0.5, 0.6) is 0 Å². The third kappa shape index (κ3) is 4.61. The summed E-state index contributed by atoms with van der Waals surface area (Å²) in [7, 11) is -3.92. The minimum Gasteiger partial charge on any atom is -0.379 e. The predicted molar refractivity (Wildman–Crippen MR) is 102 cm³/mol. The molecular formula is C19H20FN3O5S. The molecule has 1 aliphatic heterocycles. The van der Waals surface area contributed by atoms with Crippen molar-refractivity contribution in [3.8, 4) is 0 Å². The number of morpholine rings is 1. The topological polar surface area (TPSA) is 119 Å². The standard InChI is InChI=1S/C19H20FN3O5S/c20-16-7-6-14(29(26,27)23-8-10-28-11-9-23)12-15(16)19(25)22-17(18(21)24)13-4-2-1-3-5-13/h1-7,12,17H,8-11H2,(H2,21,24)(H,22,25). The highest BCUT2D eigenvalue weighted by atomic mass is 32.2. The third-order valence-corrected chi connectivity index (χ3v) is 6.38. The summed E-state index contributed by atoms with van der Waals surface area (Å²) in [4.78, 5) is 24.2. The molecule has 0 spiro atoms. The second kappa shape index (κ2) is 8.68. The Morgan fingerprint density at radius 2 is 1.76 bits per heavy atom. The third-order valence-electron chi connectivity index (χ3n) is 4.48. The van der Waals surface area contributed by atoms with Crippen molar-refractivity contribution in [2.75, 3.05) is 26.3 Å². The molecule has 3 N–H and O–H groups in total. The van der Waals surface area contributed by atoms with Crippen LogP contribution in [0.25, 0.3) is 0 Å². The first-order valence-electron chi connectivity index (χ1n) is 8.83. The van der Waals surface area contributed by atoms with Gasteiger partial charge in [-0.05, 0) is 23.8 Å². The molecule has 3 rings (SSSR count). The van der Waals surface area contributed by atoms with E-state index in [1.54, 1.807) is 30.3 Å². The molecule has 2 amide bonds. The Balaban J connectivity index is 1.89. The van der Waals surface area contributed by atoms with Crippen molar-refractivity contribution in [1.82, 2.24) is 9.62 Å². The van der Waals surface area contributed by atoms with Crippen molar-refractivity contribution in [3.05, 3.63) is 65.5 Å². The lowest BCUT2D eigenvalue weighted by Crippen LogP contribution is -2.41. The zero-order valence-corrected chi connectivity index (χ0v) is 16.2. The fraction of sp³-hybridized carbons (Fsp3) is 0.263. The Bertz CT molecular complexity index is 1010. The molecule has 1 aliphatic rings. The maximum Gasteiger partial charge on any atom is 0.255 e. The van der Waals surface area contributed by atoms with Gasteiger partial charge < -0.3 is 15.8 Å². The Morgan fingerprint density at radius 3 is 2.38 bits per heavy atom. The van der Waals surface area contributed by atoms with Gasteiger partial charge in [0.1, 0.15) is 11.9 Å². The van der Waals surface area contributed by atoms with Gasteiger partial charge in [-0.15, -0.1) is 0 Å². The molecule has 154 valence electrons. The fourth-order valence-electron chi connectivity index (χ4n) is 2.95. The van der Waals surface area contributed by atoms with Crippen LogP contribution in [0.2, 0.25) is 0 Å². The molecule has 0 bridgehead atoms. The van der Waals surface area contributed by atoms with Gasteiger partial charge in [-0.3, -0.25) is 9.59 Å². The molecule has 0 aromatic heterocycles. The molecule has 8 nitrogen and oxygen atoms in total. The average Bonchev–Trinajstić information content (AvgIpc) is 2.73. The Hall–Kier alpha value is -2.82. The summed E-state index contributed by atoms with van der Waals surface area (Å²) in [5.74, 6) is -2.70. The number of carbonyl (C=O) groups excluding carboxylic acids is 2. The number of nitrogens with zero attached hydrogens (tertiary/aromatic N) is 1. The van der Waals surface area contributed by atoms with Crippen LogP contribution in [0.4, 0.5) is 4.39 Å². The van der Waals surface area contributed by atoms with Crippen LogP contribution in [-0.4, -0.2) is 50.8 Å². The lowest BCUT2D eigenvalue weighted by Gasteiger charge is -2.26. The number of nitrogens with one attached hydrogen (secondary N) is 1. The molecule has 10 heteroatoms. The van der Waals surface area contributed by atoms with E-state index in [0.29, 0.717) is 5.56 Å². The van der Waals surface area contributed by atoms with Crippen LogP contribution in [0.15, 0.2) is 53.4 Å². The molecule has 1 heterocycles. The van der Waals surface area contributed by atoms with Crippen molar-refractivity contribution < 1.29 is 27.1 Å². The number of ether oxygens (including phenoxy) is 1. The molecule has 29 heavy (non-hydrogen) atoms. The van der Waals surface area contributed by atoms with Crippen LogP contribution >= 0.6 is 0 Å². The van der Waals surface area contributed by atoms with Crippen LogP contribution in [0.1, 0.15) is 22.0 Å². The Morgan fingerprint density at radius 1 is 1.10 bits per heavy atom. The average molecular weight is 421 g/mol. The van der Waals surface area contributed by atoms with Crippen molar-refractivity contribution in [2.24, 2.45) is 5.73 Å². The molecule has 1 unspecified atom stereocenters. The number of carbonyl (C=O) groups is 2. The summed E-state index contributed by atoms with van der Waals surface area (Å²) < 4.78 is 46.2. The molecule has 2 aromatic rings. The molecule has 1 fully saturated rings. The van der Waals surface area contributed by atoms with Crippen LogP contribution in [0, 0.1) is 5.82 Å². The summed E-state index contributed by atoms with van der Waals surface area (Å²) in [5, 5.41) is 2.37. The summed E-state index contributed by atoms with van der Waals surface area (Å²) in [6.07, 6.45) is 0. The van der Waals surface area contributed by atoms with E-state index in [9.17, 15) is 22.4 Å². The molecule has 1 atom stereocenters. The fourth-order valence-corrected chi connectivity index (χ4v) is 4.38. The summed E-state index contributed by atoms with van der Waals surface area (Å²) in [6, 6.07) is 9.99. The van der Waals surface area contributed by atoms with Gasteiger partial charge in [0.25, 0.3) is 5.91 Å². The molecular weight excluding hydrogens is 401 g/mol. The number of primary amides is 1. The number of nitrogens with two attached hydrogens (primary N) is 1. The van der Waals surface area contributed by atoms with Gasteiger partial charge in [-0.25, -0.2) is 12.8 Å². The predicted octanol–water partition coefficient (Wildman–Crippen LogP) is 0.803. The van der Waals surface area contributed by atoms with E-state index in [2.05, 4.69) is 5.32 Å². The minimum absolute atomic E-state index is 0.166. The highest BCUT2D eigenvalue weighted by molar-refractivity contribution is 7.89. The normalized spacial score (nSPS) is 16.2. The smallest absolute Gasteiger partial charge is 0.255 e. The van der Waals surface area contributed by atoms with E-state index >= 15 is 0 Å². The Labute approximate surface area is 167 Å².